The monoisotopic (exact) mass is 258 g/mol. The highest BCUT2D eigenvalue weighted by Gasteiger charge is 2.33. The summed E-state index contributed by atoms with van der Waals surface area (Å²) in [6.45, 7) is 6.69. The Hall–Kier alpha value is -1.42. The van der Waals surface area contributed by atoms with Crippen LogP contribution in [0.4, 0.5) is 0 Å². The molecule has 3 rings (SSSR count). The van der Waals surface area contributed by atoms with Gasteiger partial charge < -0.3 is 5.32 Å². The van der Waals surface area contributed by atoms with Crippen LogP contribution in [-0.4, -0.2) is 28.1 Å². The Bertz CT molecular complexity index is 546. The van der Waals surface area contributed by atoms with E-state index >= 15 is 0 Å². The van der Waals surface area contributed by atoms with Crippen molar-refractivity contribution in [3.63, 3.8) is 0 Å². The Labute approximate surface area is 114 Å². The molecule has 1 aliphatic rings. The van der Waals surface area contributed by atoms with Gasteiger partial charge in [-0.05, 0) is 43.4 Å². The number of rotatable bonds is 5. The quantitative estimate of drug-likeness (QED) is 0.896. The molecule has 19 heavy (non-hydrogen) atoms. The fourth-order valence-electron chi connectivity index (χ4n) is 2.80. The molecule has 0 radical (unpaired) electrons. The zero-order chi connectivity index (χ0) is 13.2. The molecule has 0 bridgehead atoms. The van der Waals surface area contributed by atoms with Crippen molar-refractivity contribution in [1.82, 2.24) is 20.3 Å². The van der Waals surface area contributed by atoms with Crippen LogP contribution in [0, 0.1) is 11.8 Å². The molecule has 102 valence electrons. The van der Waals surface area contributed by atoms with E-state index in [1.807, 2.05) is 12.1 Å². The van der Waals surface area contributed by atoms with Gasteiger partial charge in [0.15, 0.2) is 0 Å². The molecule has 1 aliphatic carbocycles. The fraction of sp³-hybridized carbons (Fsp3) is 0.600. The highest BCUT2D eigenvalue weighted by atomic mass is 15.4. The van der Waals surface area contributed by atoms with Crippen LogP contribution in [0.25, 0.3) is 11.0 Å². The van der Waals surface area contributed by atoms with Crippen molar-refractivity contribution >= 4 is 11.0 Å². The summed E-state index contributed by atoms with van der Waals surface area (Å²) in [5, 5.41) is 12.2. The van der Waals surface area contributed by atoms with Crippen LogP contribution in [0.3, 0.4) is 0 Å². The van der Waals surface area contributed by atoms with Crippen molar-refractivity contribution in [1.29, 1.82) is 0 Å². The van der Waals surface area contributed by atoms with Crippen LogP contribution in [0.1, 0.15) is 32.7 Å². The molecule has 1 heterocycles. The highest BCUT2D eigenvalue weighted by molar-refractivity contribution is 5.74. The summed E-state index contributed by atoms with van der Waals surface area (Å²) < 4.78 is 2.13. The number of benzene rings is 1. The molecule has 0 amide bonds. The molecule has 1 N–H and O–H groups in total. The van der Waals surface area contributed by atoms with Crippen LogP contribution in [-0.2, 0) is 0 Å². The lowest BCUT2D eigenvalue weighted by Crippen LogP contribution is -2.38. The van der Waals surface area contributed by atoms with Crippen molar-refractivity contribution in [2.75, 3.05) is 13.1 Å². The van der Waals surface area contributed by atoms with Crippen molar-refractivity contribution in [3.8, 4) is 0 Å². The van der Waals surface area contributed by atoms with Crippen LogP contribution in [0.5, 0.6) is 0 Å². The first-order valence-corrected chi connectivity index (χ1v) is 7.26. The fourth-order valence-corrected chi connectivity index (χ4v) is 2.80. The van der Waals surface area contributed by atoms with E-state index in [1.54, 1.807) is 0 Å². The molecule has 1 fully saturated rings. The predicted molar refractivity (Wildman–Crippen MR) is 77.0 cm³/mol. The first-order valence-electron chi connectivity index (χ1n) is 7.26. The Balaban J connectivity index is 1.69. The largest absolute Gasteiger partial charge is 0.316 e. The maximum atomic E-state index is 4.35. The molecule has 0 saturated heterocycles. The molecule has 4 nitrogen and oxygen atoms in total. The summed E-state index contributed by atoms with van der Waals surface area (Å²) in [5.74, 6) is 1.41. The smallest absolute Gasteiger partial charge is 0.113 e. The lowest BCUT2D eigenvalue weighted by Gasteiger charge is -2.37. The van der Waals surface area contributed by atoms with E-state index < -0.39 is 0 Å². The number of hydrogen-bond acceptors (Lipinski definition) is 3. The molecule has 2 atom stereocenters. The molecule has 0 spiro atoms. The van der Waals surface area contributed by atoms with E-state index in [9.17, 15) is 0 Å². The molecule has 1 saturated carbocycles. The van der Waals surface area contributed by atoms with Crippen molar-refractivity contribution < 1.29 is 0 Å². The number of nitrogens with zero attached hydrogens (tertiary/aromatic N) is 3. The summed E-state index contributed by atoms with van der Waals surface area (Å²) >= 11 is 0. The van der Waals surface area contributed by atoms with Gasteiger partial charge in [0.1, 0.15) is 5.52 Å². The van der Waals surface area contributed by atoms with Gasteiger partial charge in [0.2, 0.25) is 0 Å². The number of nitrogens with one attached hydrogen (secondary N) is 1. The normalized spacial score (nSPS) is 22.9. The van der Waals surface area contributed by atoms with Crippen molar-refractivity contribution in [2.45, 2.75) is 32.7 Å². The first-order chi connectivity index (χ1) is 9.25. The summed E-state index contributed by atoms with van der Waals surface area (Å²) in [6, 6.07) is 8.75. The third-order valence-electron chi connectivity index (χ3n) is 4.03. The second kappa shape index (κ2) is 5.29. The lowest BCUT2D eigenvalue weighted by atomic mass is 9.79. The van der Waals surface area contributed by atoms with Crippen molar-refractivity contribution in [3.05, 3.63) is 24.3 Å². The second-order valence-electron chi connectivity index (χ2n) is 5.98. The van der Waals surface area contributed by atoms with Gasteiger partial charge in [-0.3, -0.25) is 0 Å². The summed E-state index contributed by atoms with van der Waals surface area (Å²) in [5.41, 5.74) is 2.17. The molecule has 4 heteroatoms. The molecule has 1 aromatic heterocycles. The minimum atomic E-state index is 0.520. The van der Waals surface area contributed by atoms with E-state index in [-0.39, 0.29) is 0 Å². The molecular formula is C15H22N4. The SMILES string of the molecule is CC(C)CNCC1CCC1n1nnc2ccccc21. The third kappa shape index (κ3) is 2.50. The standard InChI is InChI=1S/C15H22N4/c1-11(2)9-16-10-12-7-8-14(12)19-15-6-4-3-5-13(15)17-18-19/h3-6,11-12,14,16H,7-10H2,1-2H3. The van der Waals surface area contributed by atoms with Gasteiger partial charge in [0, 0.05) is 6.54 Å². The van der Waals surface area contributed by atoms with Gasteiger partial charge >= 0.3 is 0 Å². The second-order valence-corrected chi connectivity index (χ2v) is 5.98. The Kier molecular flexibility index (Phi) is 3.51. The summed E-state index contributed by atoms with van der Waals surface area (Å²) in [4.78, 5) is 0. The zero-order valence-corrected chi connectivity index (χ0v) is 11.7. The molecule has 0 aliphatic heterocycles. The van der Waals surface area contributed by atoms with E-state index in [1.165, 1.54) is 18.4 Å². The van der Waals surface area contributed by atoms with Gasteiger partial charge in [0.05, 0.1) is 11.6 Å². The Morgan fingerprint density at radius 2 is 2.16 bits per heavy atom. The average molecular weight is 258 g/mol. The van der Waals surface area contributed by atoms with E-state index in [4.69, 9.17) is 0 Å². The van der Waals surface area contributed by atoms with E-state index in [2.05, 4.69) is 46.3 Å². The summed E-state index contributed by atoms with van der Waals surface area (Å²) in [7, 11) is 0. The van der Waals surface area contributed by atoms with Gasteiger partial charge in [-0.15, -0.1) is 5.10 Å². The average Bonchev–Trinajstić information content (AvgIpc) is 2.77. The van der Waals surface area contributed by atoms with Crippen LogP contribution in [0.2, 0.25) is 0 Å². The van der Waals surface area contributed by atoms with Gasteiger partial charge in [-0.1, -0.05) is 31.2 Å². The van der Waals surface area contributed by atoms with Gasteiger partial charge in [-0.2, -0.15) is 0 Å². The van der Waals surface area contributed by atoms with Crippen LogP contribution >= 0.6 is 0 Å². The minimum Gasteiger partial charge on any atom is -0.316 e. The van der Waals surface area contributed by atoms with E-state index in [0.29, 0.717) is 17.9 Å². The molecule has 2 aromatic rings. The number of aromatic nitrogens is 3. The lowest BCUT2D eigenvalue weighted by molar-refractivity contribution is 0.164. The molecular weight excluding hydrogens is 236 g/mol. The van der Waals surface area contributed by atoms with Gasteiger partial charge in [-0.25, -0.2) is 4.68 Å². The number of fused-ring (bicyclic) bond motifs is 1. The van der Waals surface area contributed by atoms with Crippen LogP contribution in [0.15, 0.2) is 24.3 Å². The maximum Gasteiger partial charge on any atom is 0.113 e. The van der Waals surface area contributed by atoms with Crippen LogP contribution < -0.4 is 5.32 Å². The van der Waals surface area contributed by atoms with Crippen molar-refractivity contribution in [2.24, 2.45) is 11.8 Å². The maximum absolute atomic E-state index is 4.35. The Morgan fingerprint density at radius 1 is 1.32 bits per heavy atom. The summed E-state index contributed by atoms with van der Waals surface area (Å²) in [6.07, 6.45) is 2.52. The number of para-hydroxylation sites is 1. The number of hydrogen-bond donors (Lipinski definition) is 1. The Morgan fingerprint density at radius 3 is 2.89 bits per heavy atom. The molecule has 2 unspecified atom stereocenters. The third-order valence-corrected chi connectivity index (χ3v) is 4.03. The predicted octanol–water partition coefficient (Wildman–Crippen LogP) is 2.63. The zero-order valence-electron chi connectivity index (χ0n) is 11.7. The van der Waals surface area contributed by atoms with E-state index in [0.717, 1.165) is 18.6 Å². The topological polar surface area (TPSA) is 42.7 Å². The highest BCUT2D eigenvalue weighted by Crippen LogP contribution is 2.38. The minimum absolute atomic E-state index is 0.520. The van der Waals surface area contributed by atoms with Gasteiger partial charge in [0.25, 0.3) is 0 Å². The first kappa shape index (κ1) is 12.6. The molecule has 1 aromatic carbocycles.